The molecule has 140 valence electrons. The first-order valence-electron chi connectivity index (χ1n) is 6.52. The quantitative estimate of drug-likeness (QED) is 0.654. The molecule has 0 bridgehead atoms. The second kappa shape index (κ2) is 8.92. The van der Waals surface area contributed by atoms with Crippen LogP contribution in [0.1, 0.15) is 6.42 Å². The number of hydrogen-bond acceptors (Lipinski definition) is 7. The predicted molar refractivity (Wildman–Crippen MR) is 80.8 cm³/mol. The second-order valence-electron chi connectivity index (χ2n) is 4.45. The van der Waals surface area contributed by atoms with Crippen molar-refractivity contribution >= 4 is 33.6 Å². The van der Waals surface area contributed by atoms with Gasteiger partial charge in [0.2, 0.25) is 10.0 Å². The fourth-order valence-electron chi connectivity index (χ4n) is 1.66. The SMILES string of the molecule is COC(=O)CC(NS(=O)(=O)c1ccc(OC(F)F)c(Cl)c1)C(=O)OC. The summed E-state index contributed by atoms with van der Waals surface area (Å²) in [4.78, 5) is 22.5. The van der Waals surface area contributed by atoms with E-state index in [-0.39, 0.29) is 5.02 Å². The lowest BCUT2D eigenvalue weighted by atomic mass is 10.2. The van der Waals surface area contributed by atoms with E-state index >= 15 is 0 Å². The molecule has 25 heavy (non-hydrogen) atoms. The summed E-state index contributed by atoms with van der Waals surface area (Å²) >= 11 is 5.70. The van der Waals surface area contributed by atoms with Gasteiger partial charge in [0.15, 0.2) is 0 Å². The first-order valence-corrected chi connectivity index (χ1v) is 8.38. The molecule has 12 heteroatoms. The highest BCUT2D eigenvalue weighted by atomic mass is 35.5. The van der Waals surface area contributed by atoms with Crippen LogP contribution in [-0.4, -0.2) is 47.2 Å². The van der Waals surface area contributed by atoms with Crippen molar-refractivity contribution in [2.75, 3.05) is 14.2 Å². The number of carbonyl (C=O) groups is 2. The predicted octanol–water partition coefficient (Wildman–Crippen LogP) is 1.32. The third-order valence-corrected chi connectivity index (χ3v) is 4.58. The van der Waals surface area contributed by atoms with E-state index in [1.165, 1.54) is 0 Å². The monoisotopic (exact) mass is 401 g/mol. The van der Waals surface area contributed by atoms with E-state index in [1.807, 2.05) is 4.72 Å². The van der Waals surface area contributed by atoms with E-state index in [1.54, 1.807) is 0 Å². The summed E-state index contributed by atoms with van der Waals surface area (Å²) in [5.41, 5.74) is 0. The van der Waals surface area contributed by atoms with Gasteiger partial charge in [-0.15, -0.1) is 0 Å². The number of methoxy groups -OCH3 is 2. The topological polar surface area (TPSA) is 108 Å². The standard InChI is InChI=1S/C13H14ClF2NO7S/c1-22-11(18)6-9(12(19)23-2)17-25(20,21)7-3-4-10(8(14)5-7)24-13(15)16/h3-5,9,13,17H,6H2,1-2H3. The number of nitrogens with one attached hydrogen (secondary N) is 1. The lowest BCUT2D eigenvalue weighted by Crippen LogP contribution is -2.43. The third-order valence-electron chi connectivity index (χ3n) is 2.81. The van der Waals surface area contributed by atoms with E-state index in [2.05, 4.69) is 14.2 Å². The van der Waals surface area contributed by atoms with Crippen LogP contribution in [0.15, 0.2) is 23.1 Å². The summed E-state index contributed by atoms with van der Waals surface area (Å²) in [7, 11) is -2.25. The number of rotatable bonds is 8. The molecule has 0 saturated heterocycles. The highest BCUT2D eigenvalue weighted by Gasteiger charge is 2.29. The molecule has 0 fully saturated rings. The zero-order chi connectivity index (χ0) is 19.2. The molecule has 0 heterocycles. The Morgan fingerprint density at radius 2 is 1.88 bits per heavy atom. The van der Waals surface area contributed by atoms with Gasteiger partial charge in [-0.25, -0.2) is 8.42 Å². The smallest absolute Gasteiger partial charge is 0.387 e. The van der Waals surface area contributed by atoms with E-state index < -0.39 is 51.7 Å². The van der Waals surface area contributed by atoms with Crippen molar-refractivity contribution < 1.29 is 41.0 Å². The number of esters is 2. The Morgan fingerprint density at radius 1 is 1.24 bits per heavy atom. The highest BCUT2D eigenvalue weighted by molar-refractivity contribution is 7.89. The molecule has 0 aromatic heterocycles. The van der Waals surface area contributed by atoms with Crippen LogP contribution in [0, 0.1) is 0 Å². The molecule has 0 aliphatic heterocycles. The van der Waals surface area contributed by atoms with Gasteiger partial charge in [-0.05, 0) is 18.2 Å². The van der Waals surface area contributed by atoms with Crippen LogP contribution in [0.2, 0.25) is 5.02 Å². The zero-order valence-corrected chi connectivity index (χ0v) is 14.6. The first kappa shape index (κ1) is 21.1. The number of alkyl halides is 2. The van der Waals surface area contributed by atoms with Crippen LogP contribution in [0.4, 0.5) is 8.78 Å². The molecule has 1 atom stereocenters. The van der Waals surface area contributed by atoms with E-state index in [0.29, 0.717) is 0 Å². The van der Waals surface area contributed by atoms with Crippen LogP contribution in [0.3, 0.4) is 0 Å². The van der Waals surface area contributed by atoms with Gasteiger partial charge in [-0.3, -0.25) is 9.59 Å². The maximum atomic E-state index is 12.3. The van der Waals surface area contributed by atoms with Crippen LogP contribution in [0.5, 0.6) is 5.75 Å². The van der Waals surface area contributed by atoms with Gasteiger partial charge in [0.05, 0.1) is 30.6 Å². The fraction of sp³-hybridized carbons (Fsp3) is 0.385. The van der Waals surface area contributed by atoms with Gasteiger partial charge in [0, 0.05) is 0 Å². The summed E-state index contributed by atoms with van der Waals surface area (Å²) in [5.74, 6) is -2.29. The van der Waals surface area contributed by atoms with Crippen LogP contribution >= 0.6 is 11.6 Å². The van der Waals surface area contributed by atoms with Crippen molar-refractivity contribution in [2.24, 2.45) is 0 Å². The molecular weight excluding hydrogens is 388 g/mol. The van der Waals surface area contributed by atoms with Crippen molar-refractivity contribution in [3.05, 3.63) is 23.2 Å². The van der Waals surface area contributed by atoms with Gasteiger partial charge in [0.25, 0.3) is 0 Å². The van der Waals surface area contributed by atoms with Gasteiger partial charge in [-0.1, -0.05) is 11.6 Å². The molecule has 0 aliphatic rings. The Kier molecular flexibility index (Phi) is 7.52. The molecule has 1 unspecified atom stereocenters. The molecule has 1 aromatic carbocycles. The summed E-state index contributed by atoms with van der Waals surface area (Å²) in [6.07, 6.45) is -0.608. The van der Waals surface area contributed by atoms with E-state index in [4.69, 9.17) is 11.6 Å². The third kappa shape index (κ3) is 6.11. The maximum Gasteiger partial charge on any atom is 0.387 e. The Bertz CT molecular complexity index is 742. The number of carbonyl (C=O) groups excluding carboxylic acids is 2. The van der Waals surface area contributed by atoms with Crippen LogP contribution in [0.25, 0.3) is 0 Å². The van der Waals surface area contributed by atoms with Crippen molar-refractivity contribution in [3.63, 3.8) is 0 Å². The van der Waals surface area contributed by atoms with Crippen molar-refractivity contribution in [1.29, 1.82) is 0 Å². The lowest BCUT2D eigenvalue weighted by Gasteiger charge is -2.16. The van der Waals surface area contributed by atoms with E-state index in [9.17, 15) is 26.8 Å². The maximum absolute atomic E-state index is 12.3. The largest absolute Gasteiger partial charge is 0.469 e. The second-order valence-corrected chi connectivity index (χ2v) is 6.57. The van der Waals surface area contributed by atoms with E-state index in [0.717, 1.165) is 32.4 Å². The average molecular weight is 402 g/mol. The highest BCUT2D eigenvalue weighted by Crippen LogP contribution is 2.28. The molecule has 1 N–H and O–H groups in total. The number of hydrogen-bond donors (Lipinski definition) is 1. The Hall–Kier alpha value is -1.98. The van der Waals surface area contributed by atoms with Crippen molar-refractivity contribution in [3.8, 4) is 5.75 Å². The van der Waals surface area contributed by atoms with Crippen molar-refractivity contribution in [2.45, 2.75) is 24.0 Å². The lowest BCUT2D eigenvalue weighted by molar-refractivity contribution is -0.149. The molecule has 0 spiro atoms. The summed E-state index contributed by atoms with van der Waals surface area (Å²) in [6.45, 7) is -3.14. The van der Waals surface area contributed by atoms with Gasteiger partial charge in [-0.2, -0.15) is 13.5 Å². The summed E-state index contributed by atoms with van der Waals surface area (Å²) in [6, 6.07) is 1.18. The summed E-state index contributed by atoms with van der Waals surface area (Å²) < 4.78 is 63.8. The molecule has 0 aliphatic carbocycles. The first-order chi connectivity index (χ1) is 11.6. The van der Waals surface area contributed by atoms with Gasteiger partial charge < -0.3 is 14.2 Å². The number of ether oxygens (including phenoxy) is 3. The van der Waals surface area contributed by atoms with Gasteiger partial charge in [0.1, 0.15) is 11.8 Å². The zero-order valence-electron chi connectivity index (χ0n) is 13.0. The minimum absolute atomic E-state index is 0.384. The number of halogens is 3. The Labute approximate surface area is 147 Å². The van der Waals surface area contributed by atoms with Crippen LogP contribution in [-0.2, 0) is 29.1 Å². The Morgan fingerprint density at radius 3 is 2.36 bits per heavy atom. The molecule has 0 saturated carbocycles. The molecular formula is C13H14ClF2NO7S. The van der Waals surface area contributed by atoms with Crippen LogP contribution < -0.4 is 9.46 Å². The molecule has 1 rings (SSSR count). The van der Waals surface area contributed by atoms with Gasteiger partial charge >= 0.3 is 18.6 Å². The minimum Gasteiger partial charge on any atom is -0.469 e. The average Bonchev–Trinajstić information content (AvgIpc) is 2.54. The minimum atomic E-state index is -4.32. The fourth-order valence-corrected chi connectivity index (χ4v) is 3.16. The normalized spacial score (nSPS) is 12.6. The Balaban J connectivity index is 3.07. The summed E-state index contributed by atoms with van der Waals surface area (Å²) in [5, 5.41) is -0.384. The molecule has 1 aromatic rings. The number of benzene rings is 1. The molecule has 8 nitrogen and oxygen atoms in total. The molecule has 0 amide bonds. The number of sulfonamides is 1. The molecule has 0 radical (unpaired) electrons. The van der Waals surface area contributed by atoms with Crippen molar-refractivity contribution in [1.82, 2.24) is 4.72 Å².